The van der Waals surface area contributed by atoms with Crippen molar-refractivity contribution in [1.29, 1.82) is 0 Å². The minimum Gasteiger partial charge on any atom is -0.334 e. The molecule has 0 N–H and O–H groups in total. The van der Waals surface area contributed by atoms with Crippen LogP contribution in [0.5, 0.6) is 0 Å². The van der Waals surface area contributed by atoms with Crippen molar-refractivity contribution in [3.05, 3.63) is 59.0 Å². The number of aryl methyl sites for hydroxylation is 1. The summed E-state index contributed by atoms with van der Waals surface area (Å²) in [5.74, 6) is 1.71. The first-order valence-electron chi connectivity index (χ1n) is 6.35. The van der Waals surface area contributed by atoms with Gasteiger partial charge >= 0.3 is 0 Å². The maximum atomic E-state index is 6.06. The molecule has 0 radical (unpaired) electrons. The zero-order chi connectivity index (χ0) is 14.7. The topological polar surface area (TPSA) is 51.8 Å². The van der Waals surface area contributed by atoms with Crippen molar-refractivity contribution < 1.29 is 4.52 Å². The highest BCUT2D eigenvalue weighted by molar-refractivity contribution is 7.98. The van der Waals surface area contributed by atoms with E-state index in [2.05, 4.69) is 15.1 Å². The fourth-order valence-corrected chi connectivity index (χ4v) is 2.83. The van der Waals surface area contributed by atoms with E-state index >= 15 is 0 Å². The predicted molar refractivity (Wildman–Crippen MR) is 83.3 cm³/mol. The van der Waals surface area contributed by atoms with Crippen LogP contribution in [0.25, 0.3) is 11.5 Å². The summed E-state index contributed by atoms with van der Waals surface area (Å²) in [7, 11) is 0. The molecule has 21 heavy (non-hydrogen) atoms. The van der Waals surface area contributed by atoms with Crippen LogP contribution < -0.4 is 0 Å². The maximum absolute atomic E-state index is 6.06. The van der Waals surface area contributed by atoms with Gasteiger partial charge in [-0.2, -0.15) is 4.98 Å². The smallest absolute Gasteiger partial charge is 0.257 e. The van der Waals surface area contributed by atoms with Gasteiger partial charge in [-0.3, -0.25) is 0 Å². The number of aromatic nitrogens is 3. The zero-order valence-corrected chi connectivity index (χ0v) is 12.9. The van der Waals surface area contributed by atoms with Crippen LogP contribution in [0.2, 0.25) is 5.02 Å². The Morgan fingerprint density at radius 3 is 2.95 bits per heavy atom. The Hall–Kier alpha value is -1.85. The fourth-order valence-electron chi connectivity index (χ4n) is 1.82. The van der Waals surface area contributed by atoms with Gasteiger partial charge in [0, 0.05) is 11.8 Å². The monoisotopic (exact) mass is 317 g/mol. The number of hydrogen-bond donors (Lipinski definition) is 0. The maximum Gasteiger partial charge on any atom is 0.257 e. The molecule has 0 amide bonds. The van der Waals surface area contributed by atoms with Crippen LogP contribution in [0.3, 0.4) is 0 Å². The average molecular weight is 318 g/mol. The van der Waals surface area contributed by atoms with E-state index in [4.69, 9.17) is 16.1 Å². The van der Waals surface area contributed by atoms with Crippen molar-refractivity contribution in [3.8, 4) is 11.5 Å². The first-order chi connectivity index (χ1) is 10.2. The standard InChI is InChI=1S/C15H12ClN3OS/c1-10-4-2-5-11(8-10)14-18-13(19-20-14)9-21-15-12(16)6-3-7-17-15/h2-8H,9H2,1H3. The molecule has 0 aliphatic carbocycles. The number of benzene rings is 1. The van der Waals surface area contributed by atoms with Crippen LogP contribution in [0.15, 0.2) is 52.1 Å². The van der Waals surface area contributed by atoms with E-state index in [9.17, 15) is 0 Å². The third-order valence-electron chi connectivity index (χ3n) is 2.80. The molecule has 4 nitrogen and oxygen atoms in total. The highest BCUT2D eigenvalue weighted by atomic mass is 35.5. The Balaban J connectivity index is 1.72. The van der Waals surface area contributed by atoms with Gasteiger partial charge in [-0.05, 0) is 31.2 Å². The van der Waals surface area contributed by atoms with E-state index in [1.807, 2.05) is 37.3 Å². The summed E-state index contributed by atoms with van der Waals surface area (Å²) in [5, 5.41) is 5.38. The molecule has 0 aliphatic heterocycles. The van der Waals surface area contributed by atoms with Crippen molar-refractivity contribution in [2.45, 2.75) is 17.7 Å². The van der Waals surface area contributed by atoms with Gasteiger partial charge in [-0.25, -0.2) is 4.98 Å². The molecule has 0 fully saturated rings. The molecule has 0 saturated heterocycles. The molecular weight excluding hydrogens is 306 g/mol. The Kier molecular flexibility index (Phi) is 4.22. The van der Waals surface area contributed by atoms with Crippen LogP contribution in [0.4, 0.5) is 0 Å². The molecule has 3 aromatic rings. The van der Waals surface area contributed by atoms with Crippen molar-refractivity contribution >= 4 is 23.4 Å². The molecule has 0 atom stereocenters. The lowest BCUT2D eigenvalue weighted by Crippen LogP contribution is -1.86. The summed E-state index contributed by atoms with van der Waals surface area (Å²) in [4.78, 5) is 8.61. The molecule has 0 bridgehead atoms. The van der Waals surface area contributed by atoms with Crippen LogP contribution in [0.1, 0.15) is 11.4 Å². The molecule has 106 valence electrons. The first-order valence-corrected chi connectivity index (χ1v) is 7.71. The van der Waals surface area contributed by atoms with Crippen LogP contribution in [0, 0.1) is 6.92 Å². The number of pyridine rings is 1. The Labute approximate surface area is 131 Å². The molecule has 2 heterocycles. The van der Waals surface area contributed by atoms with E-state index in [-0.39, 0.29) is 0 Å². The predicted octanol–water partition coefficient (Wildman–Crippen LogP) is 4.39. The Morgan fingerprint density at radius 1 is 1.24 bits per heavy atom. The molecule has 1 aromatic carbocycles. The lowest BCUT2D eigenvalue weighted by molar-refractivity contribution is 0.425. The average Bonchev–Trinajstić information content (AvgIpc) is 2.95. The zero-order valence-electron chi connectivity index (χ0n) is 11.3. The highest BCUT2D eigenvalue weighted by Crippen LogP contribution is 2.27. The second-order valence-corrected chi connectivity index (χ2v) is 5.84. The number of nitrogens with zero attached hydrogens (tertiary/aromatic N) is 3. The summed E-state index contributed by atoms with van der Waals surface area (Å²) in [5.41, 5.74) is 2.08. The van der Waals surface area contributed by atoms with E-state index in [1.54, 1.807) is 12.3 Å². The van der Waals surface area contributed by atoms with E-state index < -0.39 is 0 Å². The highest BCUT2D eigenvalue weighted by Gasteiger charge is 2.10. The van der Waals surface area contributed by atoms with Gasteiger partial charge in [-0.15, -0.1) is 0 Å². The van der Waals surface area contributed by atoms with Crippen molar-refractivity contribution in [2.75, 3.05) is 0 Å². The van der Waals surface area contributed by atoms with Gasteiger partial charge in [0.2, 0.25) is 0 Å². The summed E-state index contributed by atoms with van der Waals surface area (Å²) < 4.78 is 5.30. The second-order valence-electron chi connectivity index (χ2n) is 4.46. The van der Waals surface area contributed by atoms with Gasteiger partial charge < -0.3 is 4.52 Å². The van der Waals surface area contributed by atoms with Crippen molar-refractivity contribution in [1.82, 2.24) is 15.1 Å². The number of hydrogen-bond acceptors (Lipinski definition) is 5. The summed E-state index contributed by atoms with van der Waals surface area (Å²) in [6.07, 6.45) is 1.71. The molecule has 2 aromatic heterocycles. The minimum absolute atomic E-state index is 0.529. The van der Waals surface area contributed by atoms with E-state index in [1.165, 1.54) is 11.8 Å². The third kappa shape index (κ3) is 3.43. The Bertz CT molecular complexity index is 760. The second kappa shape index (κ2) is 6.28. The number of halogens is 1. The lowest BCUT2D eigenvalue weighted by Gasteiger charge is -1.99. The fraction of sp³-hybridized carbons (Fsp3) is 0.133. The van der Waals surface area contributed by atoms with Crippen molar-refractivity contribution in [3.63, 3.8) is 0 Å². The third-order valence-corrected chi connectivity index (χ3v) is 4.21. The Morgan fingerprint density at radius 2 is 2.14 bits per heavy atom. The molecule has 0 unspecified atom stereocenters. The molecule has 3 rings (SSSR count). The largest absolute Gasteiger partial charge is 0.334 e. The molecule has 6 heteroatoms. The SMILES string of the molecule is Cc1cccc(-c2nc(CSc3ncccc3Cl)no2)c1. The summed E-state index contributed by atoms with van der Waals surface area (Å²) in [6, 6.07) is 11.6. The summed E-state index contributed by atoms with van der Waals surface area (Å²) in [6.45, 7) is 2.03. The first kappa shape index (κ1) is 14.1. The van der Waals surface area contributed by atoms with E-state index in [0.717, 1.165) is 16.2 Å². The molecule has 0 spiro atoms. The van der Waals surface area contributed by atoms with E-state index in [0.29, 0.717) is 22.5 Å². The molecular formula is C15H12ClN3OS. The van der Waals surface area contributed by atoms with Gasteiger partial charge in [0.05, 0.1) is 10.8 Å². The van der Waals surface area contributed by atoms with Crippen LogP contribution >= 0.6 is 23.4 Å². The lowest BCUT2D eigenvalue weighted by atomic mass is 10.1. The van der Waals surface area contributed by atoms with Gasteiger partial charge in [0.1, 0.15) is 5.03 Å². The number of thioether (sulfide) groups is 1. The van der Waals surface area contributed by atoms with Crippen LogP contribution in [-0.4, -0.2) is 15.1 Å². The number of rotatable bonds is 4. The van der Waals surface area contributed by atoms with Gasteiger partial charge in [0.25, 0.3) is 5.89 Å². The van der Waals surface area contributed by atoms with Crippen LogP contribution in [-0.2, 0) is 5.75 Å². The van der Waals surface area contributed by atoms with Crippen molar-refractivity contribution in [2.24, 2.45) is 0 Å². The summed E-state index contributed by atoms with van der Waals surface area (Å²) >= 11 is 7.55. The quantitative estimate of drug-likeness (QED) is 0.668. The molecule has 0 aliphatic rings. The normalized spacial score (nSPS) is 10.8. The minimum atomic E-state index is 0.529. The molecule has 0 saturated carbocycles. The van der Waals surface area contributed by atoms with Gasteiger partial charge in [0.15, 0.2) is 5.82 Å². The van der Waals surface area contributed by atoms with Gasteiger partial charge in [-0.1, -0.05) is 46.2 Å².